The molecule has 0 saturated heterocycles. The predicted octanol–water partition coefficient (Wildman–Crippen LogP) is 1.34. The predicted molar refractivity (Wildman–Crippen MR) is 68.8 cm³/mol. The van der Waals surface area contributed by atoms with E-state index in [4.69, 9.17) is 5.73 Å². The highest BCUT2D eigenvalue weighted by molar-refractivity contribution is 5.85. The van der Waals surface area contributed by atoms with E-state index in [-0.39, 0.29) is 5.69 Å². The maximum absolute atomic E-state index is 11.2. The van der Waals surface area contributed by atoms with Crippen LogP contribution in [-0.4, -0.2) is 20.2 Å². The van der Waals surface area contributed by atoms with Crippen molar-refractivity contribution in [2.24, 2.45) is 0 Å². The van der Waals surface area contributed by atoms with Crippen LogP contribution in [0.1, 0.15) is 0 Å². The van der Waals surface area contributed by atoms with E-state index in [1.165, 1.54) is 0 Å². The third-order valence-electron chi connectivity index (χ3n) is 2.77. The van der Waals surface area contributed by atoms with Gasteiger partial charge in [0.2, 0.25) is 0 Å². The van der Waals surface area contributed by atoms with Gasteiger partial charge in [-0.15, -0.1) is 0 Å². The largest absolute Gasteiger partial charge is 0.384 e. The summed E-state index contributed by atoms with van der Waals surface area (Å²) >= 11 is 0. The Bertz CT molecular complexity index is 737. The standard InChI is InChI=1S/C12H11N5O/c13-11-9(5-15-17-11)7-3-1-2-4-8(7)10-6-14-12(18)16-10/h1-6H,(H3,13,15,17)(H2,14,16,18). The zero-order valence-corrected chi connectivity index (χ0v) is 9.40. The maximum atomic E-state index is 11.2. The second-order valence-electron chi connectivity index (χ2n) is 3.90. The van der Waals surface area contributed by atoms with Crippen LogP contribution in [0.15, 0.2) is 41.5 Å². The van der Waals surface area contributed by atoms with E-state index in [0.717, 1.165) is 22.4 Å². The first kappa shape index (κ1) is 10.4. The lowest BCUT2D eigenvalue weighted by Gasteiger charge is -2.06. The Morgan fingerprint density at radius 1 is 1.11 bits per heavy atom. The average molecular weight is 241 g/mol. The summed E-state index contributed by atoms with van der Waals surface area (Å²) < 4.78 is 0. The highest BCUT2D eigenvalue weighted by Gasteiger charge is 2.11. The van der Waals surface area contributed by atoms with Crippen molar-refractivity contribution in [2.45, 2.75) is 0 Å². The first-order chi connectivity index (χ1) is 8.75. The van der Waals surface area contributed by atoms with Crippen molar-refractivity contribution in [2.75, 3.05) is 5.73 Å². The fraction of sp³-hybridized carbons (Fsp3) is 0. The molecular weight excluding hydrogens is 230 g/mol. The molecule has 0 bridgehead atoms. The number of benzene rings is 1. The molecule has 0 atom stereocenters. The molecule has 0 saturated carbocycles. The van der Waals surface area contributed by atoms with Crippen LogP contribution in [0, 0.1) is 0 Å². The van der Waals surface area contributed by atoms with E-state index < -0.39 is 0 Å². The summed E-state index contributed by atoms with van der Waals surface area (Å²) in [5.41, 5.74) is 8.93. The molecule has 0 unspecified atom stereocenters. The van der Waals surface area contributed by atoms with Gasteiger partial charge in [-0.25, -0.2) is 4.79 Å². The molecule has 0 aliphatic rings. The molecule has 90 valence electrons. The monoisotopic (exact) mass is 241 g/mol. The van der Waals surface area contributed by atoms with Gasteiger partial charge in [-0.1, -0.05) is 24.3 Å². The number of aromatic amines is 3. The Balaban J connectivity index is 2.23. The number of nitrogens with zero attached hydrogens (tertiary/aromatic N) is 1. The molecule has 2 aromatic heterocycles. The lowest BCUT2D eigenvalue weighted by molar-refractivity contribution is 1.10. The lowest BCUT2D eigenvalue weighted by Crippen LogP contribution is -2.00. The Morgan fingerprint density at radius 3 is 2.50 bits per heavy atom. The van der Waals surface area contributed by atoms with Crippen LogP contribution in [0.3, 0.4) is 0 Å². The van der Waals surface area contributed by atoms with Gasteiger partial charge >= 0.3 is 5.69 Å². The normalized spacial score (nSPS) is 10.7. The van der Waals surface area contributed by atoms with Gasteiger partial charge in [-0.05, 0) is 5.56 Å². The van der Waals surface area contributed by atoms with Crippen LogP contribution in [-0.2, 0) is 0 Å². The summed E-state index contributed by atoms with van der Waals surface area (Å²) in [5.74, 6) is 0.500. The molecule has 3 aromatic rings. The van der Waals surface area contributed by atoms with E-state index in [1.54, 1.807) is 12.4 Å². The van der Waals surface area contributed by atoms with E-state index >= 15 is 0 Å². The van der Waals surface area contributed by atoms with E-state index in [1.807, 2.05) is 24.3 Å². The first-order valence-corrected chi connectivity index (χ1v) is 5.42. The summed E-state index contributed by atoms with van der Waals surface area (Å²) in [6, 6.07) is 7.67. The van der Waals surface area contributed by atoms with Gasteiger partial charge < -0.3 is 15.7 Å². The summed E-state index contributed by atoms with van der Waals surface area (Å²) in [6.45, 7) is 0. The number of rotatable bonds is 2. The highest BCUT2D eigenvalue weighted by Crippen LogP contribution is 2.32. The average Bonchev–Trinajstić information content (AvgIpc) is 2.98. The number of hydrogen-bond donors (Lipinski definition) is 4. The second kappa shape index (κ2) is 3.92. The Labute approximate surface area is 102 Å². The molecular formula is C12H11N5O. The zero-order valence-electron chi connectivity index (χ0n) is 9.40. The number of anilines is 1. The molecule has 6 heteroatoms. The number of H-pyrrole nitrogens is 3. The first-order valence-electron chi connectivity index (χ1n) is 5.42. The molecule has 2 heterocycles. The van der Waals surface area contributed by atoms with Gasteiger partial charge in [0.15, 0.2) is 0 Å². The Hall–Kier alpha value is -2.76. The summed E-state index contributed by atoms with van der Waals surface area (Å²) in [5, 5.41) is 6.61. The van der Waals surface area contributed by atoms with Crippen LogP contribution in [0.2, 0.25) is 0 Å². The molecule has 1 aromatic carbocycles. The summed E-state index contributed by atoms with van der Waals surface area (Å²) in [7, 11) is 0. The summed E-state index contributed by atoms with van der Waals surface area (Å²) in [4.78, 5) is 16.5. The second-order valence-corrected chi connectivity index (χ2v) is 3.90. The third-order valence-corrected chi connectivity index (χ3v) is 2.77. The fourth-order valence-corrected chi connectivity index (χ4v) is 1.94. The van der Waals surface area contributed by atoms with Crippen molar-refractivity contribution in [3.8, 4) is 22.4 Å². The Kier molecular flexibility index (Phi) is 2.26. The molecule has 0 fully saturated rings. The maximum Gasteiger partial charge on any atom is 0.323 e. The molecule has 3 rings (SSSR count). The number of aromatic nitrogens is 4. The molecule has 0 aliphatic carbocycles. The van der Waals surface area contributed by atoms with Crippen LogP contribution >= 0.6 is 0 Å². The highest BCUT2D eigenvalue weighted by atomic mass is 16.1. The summed E-state index contributed by atoms with van der Waals surface area (Å²) in [6.07, 6.45) is 3.30. The molecule has 0 aliphatic heterocycles. The quantitative estimate of drug-likeness (QED) is 0.544. The number of nitrogen functional groups attached to an aromatic ring is 1. The molecule has 0 radical (unpaired) electrons. The van der Waals surface area contributed by atoms with Gasteiger partial charge in [0.05, 0.1) is 11.9 Å². The van der Waals surface area contributed by atoms with E-state index in [9.17, 15) is 4.79 Å². The van der Waals surface area contributed by atoms with Crippen molar-refractivity contribution in [1.82, 2.24) is 20.2 Å². The lowest BCUT2D eigenvalue weighted by atomic mass is 10.00. The van der Waals surface area contributed by atoms with Gasteiger partial charge in [0.25, 0.3) is 0 Å². The smallest absolute Gasteiger partial charge is 0.323 e. The van der Waals surface area contributed by atoms with Gasteiger partial charge in [0.1, 0.15) is 5.82 Å². The minimum absolute atomic E-state index is 0.236. The van der Waals surface area contributed by atoms with Gasteiger partial charge in [-0.3, -0.25) is 5.10 Å². The molecule has 18 heavy (non-hydrogen) atoms. The third kappa shape index (κ3) is 1.60. The fourth-order valence-electron chi connectivity index (χ4n) is 1.94. The van der Waals surface area contributed by atoms with Crippen molar-refractivity contribution in [3.05, 3.63) is 47.1 Å². The van der Waals surface area contributed by atoms with Crippen LogP contribution in [0.5, 0.6) is 0 Å². The Morgan fingerprint density at radius 2 is 1.89 bits per heavy atom. The topological polar surface area (TPSA) is 103 Å². The number of nitrogens with one attached hydrogen (secondary N) is 3. The number of imidazole rings is 1. The van der Waals surface area contributed by atoms with Crippen LogP contribution in [0.4, 0.5) is 5.82 Å². The van der Waals surface area contributed by atoms with Gasteiger partial charge in [0, 0.05) is 17.3 Å². The van der Waals surface area contributed by atoms with Crippen molar-refractivity contribution in [1.29, 1.82) is 0 Å². The number of hydrogen-bond acceptors (Lipinski definition) is 3. The molecule has 0 spiro atoms. The zero-order chi connectivity index (χ0) is 12.5. The van der Waals surface area contributed by atoms with E-state index in [0.29, 0.717) is 5.82 Å². The SMILES string of the molecule is Nc1[nH]ncc1-c1ccccc1-c1c[nH]c(=O)[nH]1. The van der Waals surface area contributed by atoms with Gasteiger partial charge in [-0.2, -0.15) is 5.10 Å². The minimum atomic E-state index is -0.236. The van der Waals surface area contributed by atoms with Crippen LogP contribution in [0.25, 0.3) is 22.4 Å². The van der Waals surface area contributed by atoms with Crippen molar-refractivity contribution in [3.63, 3.8) is 0 Å². The van der Waals surface area contributed by atoms with E-state index in [2.05, 4.69) is 20.2 Å². The van der Waals surface area contributed by atoms with Crippen LogP contribution < -0.4 is 11.4 Å². The van der Waals surface area contributed by atoms with Crippen molar-refractivity contribution < 1.29 is 0 Å². The molecule has 0 amide bonds. The van der Waals surface area contributed by atoms with Crippen molar-refractivity contribution >= 4 is 5.82 Å². The minimum Gasteiger partial charge on any atom is -0.384 e. The number of nitrogens with two attached hydrogens (primary N) is 1. The molecule has 6 nitrogen and oxygen atoms in total. The molecule has 5 N–H and O–H groups in total.